The van der Waals surface area contributed by atoms with E-state index in [1.54, 1.807) is 6.20 Å². The monoisotopic (exact) mass is 247 g/mol. The Balaban J connectivity index is 2.06. The van der Waals surface area contributed by atoms with Gasteiger partial charge in [-0.25, -0.2) is 4.37 Å². The molecular formula is C9H13NOS3. The molecule has 2 rings (SSSR count). The van der Waals surface area contributed by atoms with Gasteiger partial charge in [-0.15, -0.1) is 0 Å². The van der Waals surface area contributed by atoms with Crippen molar-refractivity contribution in [1.29, 1.82) is 0 Å². The van der Waals surface area contributed by atoms with E-state index in [0.29, 0.717) is 10.5 Å². The highest BCUT2D eigenvalue weighted by Gasteiger charge is 2.30. The summed E-state index contributed by atoms with van der Waals surface area (Å²) in [6.45, 7) is 2.20. The number of hydrogen-bond acceptors (Lipinski definition) is 5. The van der Waals surface area contributed by atoms with Gasteiger partial charge in [0.1, 0.15) is 0 Å². The fraction of sp³-hybridized carbons (Fsp3) is 0.667. The fourth-order valence-corrected chi connectivity index (χ4v) is 4.94. The molecule has 0 radical (unpaired) electrons. The van der Waals surface area contributed by atoms with E-state index < -0.39 is 0 Å². The molecule has 0 aliphatic carbocycles. The SMILES string of the molecule is CC1SCCSC1C(O)c1cnsc1. The van der Waals surface area contributed by atoms with Gasteiger partial charge in [0, 0.05) is 39.1 Å². The zero-order chi connectivity index (χ0) is 9.97. The number of hydrogen-bond donors (Lipinski definition) is 1. The average Bonchev–Trinajstić information content (AvgIpc) is 2.70. The Morgan fingerprint density at radius 3 is 2.93 bits per heavy atom. The van der Waals surface area contributed by atoms with Crippen molar-refractivity contribution < 1.29 is 5.11 Å². The summed E-state index contributed by atoms with van der Waals surface area (Å²) in [6, 6.07) is 0. The zero-order valence-corrected chi connectivity index (χ0v) is 10.4. The minimum absolute atomic E-state index is 0.324. The topological polar surface area (TPSA) is 33.1 Å². The van der Waals surface area contributed by atoms with Crippen molar-refractivity contribution in [3.8, 4) is 0 Å². The van der Waals surface area contributed by atoms with Crippen LogP contribution in [0.5, 0.6) is 0 Å². The van der Waals surface area contributed by atoms with E-state index in [-0.39, 0.29) is 6.10 Å². The standard InChI is InChI=1S/C9H13NOS3/c1-6-9(13-3-2-12-6)8(11)7-4-10-14-5-7/h4-6,8-9,11H,2-3H2,1H3. The third-order valence-electron chi connectivity index (χ3n) is 2.34. The minimum Gasteiger partial charge on any atom is -0.387 e. The maximum atomic E-state index is 10.1. The summed E-state index contributed by atoms with van der Waals surface area (Å²) in [4.78, 5) is 0. The predicted octanol–water partition coefficient (Wildman–Crippen LogP) is 2.41. The zero-order valence-electron chi connectivity index (χ0n) is 7.92. The summed E-state index contributed by atoms with van der Waals surface area (Å²) in [5, 5.41) is 12.9. The Bertz CT molecular complexity index is 278. The molecular weight excluding hydrogens is 234 g/mol. The molecule has 0 saturated carbocycles. The first-order valence-corrected chi connectivity index (χ1v) is 7.53. The van der Waals surface area contributed by atoms with Gasteiger partial charge < -0.3 is 5.11 Å². The summed E-state index contributed by atoms with van der Waals surface area (Å²) >= 11 is 5.24. The first kappa shape index (κ1) is 10.8. The van der Waals surface area contributed by atoms with E-state index in [0.717, 1.165) is 11.3 Å². The molecule has 0 amide bonds. The van der Waals surface area contributed by atoms with Crippen LogP contribution in [0.3, 0.4) is 0 Å². The second kappa shape index (κ2) is 4.88. The van der Waals surface area contributed by atoms with Crippen LogP contribution < -0.4 is 0 Å². The van der Waals surface area contributed by atoms with E-state index in [1.807, 2.05) is 28.9 Å². The Morgan fingerprint density at radius 2 is 2.29 bits per heavy atom. The Kier molecular flexibility index (Phi) is 3.76. The third-order valence-corrected chi connectivity index (χ3v) is 6.13. The molecule has 1 N–H and O–H groups in total. The van der Waals surface area contributed by atoms with Crippen LogP contribution in [-0.2, 0) is 0 Å². The summed E-state index contributed by atoms with van der Waals surface area (Å²) in [7, 11) is 0. The lowest BCUT2D eigenvalue weighted by Gasteiger charge is -2.31. The van der Waals surface area contributed by atoms with Crippen molar-refractivity contribution in [2.24, 2.45) is 0 Å². The number of aromatic nitrogens is 1. The van der Waals surface area contributed by atoms with Crippen molar-refractivity contribution in [2.45, 2.75) is 23.5 Å². The van der Waals surface area contributed by atoms with Crippen LogP contribution in [0.4, 0.5) is 0 Å². The second-order valence-electron chi connectivity index (χ2n) is 3.31. The van der Waals surface area contributed by atoms with Crippen molar-refractivity contribution in [3.05, 3.63) is 17.1 Å². The maximum Gasteiger partial charge on any atom is 0.0942 e. The molecule has 1 saturated heterocycles. The van der Waals surface area contributed by atoms with E-state index >= 15 is 0 Å². The lowest BCUT2D eigenvalue weighted by molar-refractivity contribution is 0.174. The van der Waals surface area contributed by atoms with Crippen molar-refractivity contribution >= 4 is 35.1 Å². The number of aliphatic hydroxyl groups is 1. The molecule has 0 bridgehead atoms. The first-order chi connectivity index (χ1) is 6.79. The van der Waals surface area contributed by atoms with Crippen LogP contribution in [0.1, 0.15) is 18.6 Å². The second-order valence-corrected chi connectivity index (χ2v) is 6.74. The van der Waals surface area contributed by atoms with Gasteiger partial charge in [-0.3, -0.25) is 0 Å². The Labute approximate surface area is 96.7 Å². The van der Waals surface area contributed by atoms with Crippen LogP contribution in [0.2, 0.25) is 0 Å². The third kappa shape index (κ3) is 2.27. The molecule has 5 heteroatoms. The molecule has 1 aliphatic heterocycles. The van der Waals surface area contributed by atoms with E-state index in [1.165, 1.54) is 17.3 Å². The summed E-state index contributed by atoms with van der Waals surface area (Å²) in [5.41, 5.74) is 0.974. The van der Waals surface area contributed by atoms with Crippen LogP contribution in [0.15, 0.2) is 11.6 Å². The van der Waals surface area contributed by atoms with Gasteiger partial charge in [0.2, 0.25) is 0 Å². The molecule has 2 heterocycles. The van der Waals surface area contributed by atoms with Crippen molar-refractivity contribution in [3.63, 3.8) is 0 Å². The van der Waals surface area contributed by atoms with Crippen LogP contribution in [0, 0.1) is 0 Å². The van der Waals surface area contributed by atoms with Gasteiger partial charge in [0.15, 0.2) is 0 Å². The van der Waals surface area contributed by atoms with E-state index in [9.17, 15) is 5.11 Å². The molecule has 1 aromatic heterocycles. The lowest BCUT2D eigenvalue weighted by Crippen LogP contribution is -2.29. The van der Waals surface area contributed by atoms with E-state index in [4.69, 9.17) is 0 Å². The lowest BCUT2D eigenvalue weighted by atomic mass is 10.1. The highest BCUT2D eigenvalue weighted by molar-refractivity contribution is 8.07. The number of rotatable bonds is 2. The van der Waals surface area contributed by atoms with Crippen molar-refractivity contribution in [1.82, 2.24) is 4.37 Å². The van der Waals surface area contributed by atoms with Gasteiger partial charge >= 0.3 is 0 Å². The largest absolute Gasteiger partial charge is 0.387 e. The minimum atomic E-state index is -0.346. The van der Waals surface area contributed by atoms with Gasteiger partial charge in [0.05, 0.1) is 6.10 Å². The smallest absolute Gasteiger partial charge is 0.0942 e. The Hall–Kier alpha value is 0.290. The molecule has 2 nitrogen and oxygen atoms in total. The Morgan fingerprint density at radius 1 is 1.50 bits per heavy atom. The van der Waals surface area contributed by atoms with E-state index in [2.05, 4.69) is 11.3 Å². The number of aliphatic hydroxyl groups excluding tert-OH is 1. The average molecular weight is 247 g/mol. The maximum absolute atomic E-state index is 10.1. The van der Waals surface area contributed by atoms with Gasteiger partial charge in [-0.2, -0.15) is 23.5 Å². The normalized spacial score (nSPS) is 30.1. The van der Waals surface area contributed by atoms with Gasteiger partial charge in [-0.1, -0.05) is 6.92 Å². The fourth-order valence-electron chi connectivity index (χ4n) is 1.55. The molecule has 1 aliphatic rings. The number of thioether (sulfide) groups is 2. The number of nitrogens with zero attached hydrogens (tertiary/aromatic N) is 1. The van der Waals surface area contributed by atoms with Crippen molar-refractivity contribution in [2.75, 3.05) is 11.5 Å². The van der Waals surface area contributed by atoms with Crippen LogP contribution in [-0.4, -0.2) is 31.5 Å². The highest BCUT2D eigenvalue weighted by Crippen LogP contribution is 2.38. The molecule has 0 aromatic carbocycles. The first-order valence-electron chi connectivity index (χ1n) is 4.59. The van der Waals surface area contributed by atoms with Gasteiger partial charge in [-0.05, 0) is 11.5 Å². The molecule has 1 aromatic rings. The molecule has 3 atom stereocenters. The summed E-state index contributed by atoms with van der Waals surface area (Å²) in [5.74, 6) is 2.35. The predicted molar refractivity (Wildman–Crippen MR) is 65.2 cm³/mol. The molecule has 0 spiro atoms. The van der Waals surface area contributed by atoms with Crippen LogP contribution in [0.25, 0.3) is 0 Å². The highest BCUT2D eigenvalue weighted by atomic mass is 32.2. The summed E-state index contributed by atoms with van der Waals surface area (Å²) < 4.78 is 4.03. The van der Waals surface area contributed by atoms with Crippen LogP contribution >= 0.6 is 35.1 Å². The summed E-state index contributed by atoms with van der Waals surface area (Å²) in [6.07, 6.45) is 1.43. The quantitative estimate of drug-likeness (QED) is 0.870. The molecule has 1 fully saturated rings. The molecule has 3 unspecified atom stereocenters. The molecule has 78 valence electrons. The van der Waals surface area contributed by atoms with Gasteiger partial charge in [0.25, 0.3) is 0 Å². The molecule has 14 heavy (non-hydrogen) atoms.